The number of hydrogen-bond acceptors (Lipinski definition) is 3. The van der Waals surface area contributed by atoms with E-state index in [0.29, 0.717) is 16.1 Å². The van der Waals surface area contributed by atoms with Gasteiger partial charge in [-0.3, -0.25) is 9.59 Å². The number of rotatable bonds is 4. The molecule has 4 nitrogen and oxygen atoms in total. The lowest BCUT2D eigenvalue weighted by molar-refractivity contribution is -0.137. The summed E-state index contributed by atoms with van der Waals surface area (Å²) in [5.74, 6) is -1.07. The van der Waals surface area contributed by atoms with Gasteiger partial charge in [-0.15, -0.1) is 11.3 Å². The van der Waals surface area contributed by atoms with Crippen LogP contribution in [-0.2, 0) is 11.3 Å². The van der Waals surface area contributed by atoms with Crippen molar-refractivity contribution in [2.75, 3.05) is 0 Å². The van der Waals surface area contributed by atoms with Crippen LogP contribution in [0, 0.1) is 6.92 Å². The molecule has 0 radical (unpaired) electrons. The molecule has 2 heterocycles. The molecule has 3 aromatic rings. The van der Waals surface area contributed by atoms with Crippen LogP contribution < -0.4 is 0 Å². The van der Waals surface area contributed by atoms with E-state index in [1.807, 2.05) is 12.3 Å². The molecule has 0 spiro atoms. The highest BCUT2D eigenvalue weighted by molar-refractivity contribution is 7.17. The first-order chi connectivity index (χ1) is 10.5. The largest absolute Gasteiger partial charge is 0.480 e. The van der Waals surface area contributed by atoms with Gasteiger partial charge in [-0.2, -0.15) is 0 Å². The second-order valence-electron chi connectivity index (χ2n) is 5.00. The van der Waals surface area contributed by atoms with E-state index in [0.717, 1.165) is 15.8 Å². The second-order valence-corrected chi connectivity index (χ2v) is 6.29. The molecule has 0 aliphatic carbocycles. The minimum Gasteiger partial charge on any atom is -0.480 e. The van der Waals surface area contributed by atoms with E-state index < -0.39 is 5.97 Å². The van der Waals surface area contributed by atoms with Gasteiger partial charge in [0.25, 0.3) is 0 Å². The average molecular weight is 334 g/mol. The minimum absolute atomic E-state index is 0.132. The van der Waals surface area contributed by atoms with Gasteiger partial charge in [0.05, 0.1) is 0 Å². The molecule has 22 heavy (non-hydrogen) atoms. The van der Waals surface area contributed by atoms with Crippen LogP contribution in [0.5, 0.6) is 0 Å². The lowest BCUT2D eigenvalue weighted by Crippen LogP contribution is -2.07. The number of nitrogens with zero attached hydrogens (tertiary/aromatic N) is 1. The summed E-state index contributed by atoms with van der Waals surface area (Å²) in [6.45, 7) is 1.76. The number of fused-ring (bicyclic) bond motifs is 1. The van der Waals surface area contributed by atoms with Gasteiger partial charge in [0.1, 0.15) is 11.4 Å². The zero-order valence-electron chi connectivity index (χ0n) is 11.7. The Labute approximate surface area is 135 Å². The van der Waals surface area contributed by atoms with Crippen LogP contribution in [-0.4, -0.2) is 21.4 Å². The van der Waals surface area contributed by atoms with Crippen LogP contribution in [0.25, 0.3) is 10.2 Å². The number of aliphatic carboxylic acids is 1. The van der Waals surface area contributed by atoms with Crippen molar-refractivity contribution in [1.29, 1.82) is 0 Å². The molecule has 0 atom stereocenters. The number of thiophene rings is 1. The summed E-state index contributed by atoms with van der Waals surface area (Å²) in [7, 11) is 0. The van der Waals surface area contributed by atoms with E-state index in [1.165, 1.54) is 11.3 Å². The average Bonchev–Trinajstić information content (AvgIpc) is 3.01. The number of aromatic nitrogens is 1. The fraction of sp³-hybridized carbons (Fsp3) is 0.125. The Kier molecular flexibility index (Phi) is 3.76. The molecule has 0 aliphatic rings. The molecule has 0 saturated heterocycles. The Morgan fingerprint density at radius 1 is 1.27 bits per heavy atom. The first-order valence-electron chi connectivity index (χ1n) is 6.56. The molecule has 0 amide bonds. The Bertz CT molecular complexity index is 877. The van der Waals surface area contributed by atoms with E-state index in [9.17, 15) is 9.59 Å². The van der Waals surface area contributed by atoms with Gasteiger partial charge in [0.15, 0.2) is 5.78 Å². The Morgan fingerprint density at radius 3 is 2.59 bits per heavy atom. The monoisotopic (exact) mass is 333 g/mol. The third-order valence-electron chi connectivity index (χ3n) is 3.43. The number of benzene rings is 1. The summed E-state index contributed by atoms with van der Waals surface area (Å²) in [5, 5.41) is 12.3. The predicted molar refractivity (Wildman–Crippen MR) is 87.1 cm³/mol. The molecule has 6 heteroatoms. The lowest BCUT2D eigenvalue weighted by Gasteiger charge is -2.00. The van der Waals surface area contributed by atoms with Gasteiger partial charge in [0, 0.05) is 27.7 Å². The van der Waals surface area contributed by atoms with E-state index in [1.54, 1.807) is 35.0 Å². The van der Waals surface area contributed by atoms with E-state index >= 15 is 0 Å². The highest BCUT2D eigenvalue weighted by atomic mass is 35.5. The van der Waals surface area contributed by atoms with Crippen molar-refractivity contribution in [3.63, 3.8) is 0 Å². The van der Waals surface area contributed by atoms with Crippen molar-refractivity contribution in [2.24, 2.45) is 0 Å². The third-order valence-corrected chi connectivity index (χ3v) is 4.81. The molecule has 1 aromatic carbocycles. The van der Waals surface area contributed by atoms with Crippen LogP contribution in [0.4, 0.5) is 0 Å². The Hall–Kier alpha value is -2.11. The Balaban J connectivity index is 2.13. The molecule has 1 N–H and O–H groups in total. The van der Waals surface area contributed by atoms with Crippen molar-refractivity contribution < 1.29 is 14.7 Å². The summed E-state index contributed by atoms with van der Waals surface area (Å²) in [5.41, 5.74) is 2.03. The van der Waals surface area contributed by atoms with Gasteiger partial charge >= 0.3 is 5.97 Å². The molecule has 0 bridgehead atoms. The zero-order chi connectivity index (χ0) is 15.9. The van der Waals surface area contributed by atoms with Crippen LogP contribution >= 0.6 is 22.9 Å². The van der Waals surface area contributed by atoms with Crippen molar-refractivity contribution >= 4 is 44.9 Å². The fourth-order valence-corrected chi connectivity index (χ4v) is 3.61. The van der Waals surface area contributed by atoms with Crippen molar-refractivity contribution in [3.8, 4) is 0 Å². The van der Waals surface area contributed by atoms with Gasteiger partial charge in [-0.25, -0.2) is 0 Å². The highest BCUT2D eigenvalue weighted by Crippen LogP contribution is 2.32. The van der Waals surface area contributed by atoms with Crippen LogP contribution in [0.1, 0.15) is 21.5 Å². The number of carbonyl (C=O) groups excluding carboxylic acids is 1. The number of carbonyl (C=O) groups is 2. The lowest BCUT2D eigenvalue weighted by atomic mass is 10.0. The van der Waals surface area contributed by atoms with Crippen molar-refractivity contribution in [2.45, 2.75) is 13.5 Å². The number of halogens is 1. The van der Waals surface area contributed by atoms with Crippen LogP contribution in [0.15, 0.2) is 35.8 Å². The van der Waals surface area contributed by atoms with Gasteiger partial charge < -0.3 is 9.67 Å². The van der Waals surface area contributed by atoms with Crippen molar-refractivity contribution in [1.82, 2.24) is 4.57 Å². The van der Waals surface area contributed by atoms with E-state index in [4.69, 9.17) is 16.7 Å². The molecule has 0 unspecified atom stereocenters. The van der Waals surface area contributed by atoms with Crippen LogP contribution in [0.3, 0.4) is 0 Å². The van der Waals surface area contributed by atoms with E-state index in [-0.39, 0.29) is 12.3 Å². The maximum atomic E-state index is 12.7. The Morgan fingerprint density at radius 2 is 1.95 bits per heavy atom. The number of carboxylic acid groups (broad SMARTS) is 1. The normalized spacial score (nSPS) is 11.0. The second kappa shape index (κ2) is 5.59. The SMILES string of the molecule is Cc1csc2c1c(C(=O)c1ccc(Cl)cc1)cn2CC(=O)O. The van der Waals surface area contributed by atoms with E-state index in [2.05, 4.69) is 0 Å². The quantitative estimate of drug-likeness (QED) is 0.735. The molecular formula is C16H12ClNO3S. The van der Waals surface area contributed by atoms with Crippen LogP contribution in [0.2, 0.25) is 5.02 Å². The molecule has 0 aliphatic heterocycles. The molecular weight excluding hydrogens is 322 g/mol. The maximum absolute atomic E-state index is 12.7. The highest BCUT2D eigenvalue weighted by Gasteiger charge is 2.20. The van der Waals surface area contributed by atoms with Gasteiger partial charge in [-0.1, -0.05) is 11.6 Å². The molecule has 3 rings (SSSR count). The number of ketones is 1. The summed E-state index contributed by atoms with van der Waals surface area (Å²) in [6.07, 6.45) is 1.62. The summed E-state index contributed by atoms with van der Waals surface area (Å²) >= 11 is 7.29. The number of hydrogen-bond donors (Lipinski definition) is 1. The molecule has 2 aromatic heterocycles. The molecule has 0 fully saturated rings. The molecule has 112 valence electrons. The molecule has 0 saturated carbocycles. The predicted octanol–water partition coefficient (Wildman–Crippen LogP) is 3.98. The number of aryl methyl sites for hydroxylation is 1. The zero-order valence-corrected chi connectivity index (χ0v) is 13.2. The fourth-order valence-electron chi connectivity index (χ4n) is 2.44. The summed E-state index contributed by atoms with van der Waals surface area (Å²) in [4.78, 5) is 24.5. The number of carboxylic acids is 1. The van der Waals surface area contributed by atoms with Crippen molar-refractivity contribution in [3.05, 3.63) is 57.6 Å². The smallest absolute Gasteiger partial charge is 0.323 e. The first-order valence-corrected chi connectivity index (χ1v) is 7.82. The first kappa shape index (κ1) is 14.8. The van der Waals surface area contributed by atoms with Gasteiger partial charge in [-0.05, 0) is 42.1 Å². The van der Waals surface area contributed by atoms with Gasteiger partial charge in [0.2, 0.25) is 0 Å². The maximum Gasteiger partial charge on any atom is 0.323 e. The summed E-state index contributed by atoms with van der Waals surface area (Å²) < 4.78 is 1.61. The topological polar surface area (TPSA) is 59.3 Å². The standard InChI is InChI=1S/C16H12ClNO3S/c1-9-8-22-16-14(9)12(6-18(16)7-13(19)20)15(21)10-2-4-11(17)5-3-10/h2-6,8H,7H2,1H3,(H,19,20). The third kappa shape index (κ3) is 2.53. The summed E-state index contributed by atoms with van der Waals surface area (Å²) in [6, 6.07) is 6.68. The minimum atomic E-state index is -0.937.